The van der Waals surface area contributed by atoms with Crippen LogP contribution in [0.25, 0.3) is 0 Å². The summed E-state index contributed by atoms with van der Waals surface area (Å²) in [4.78, 5) is 4.77. The van der Waals surface area contributed by atoms with Crippen LogP contribution in [0.4, 0.5) is 5.69 Å². The van der Waals surface area contributed by atoms with Crippen molar-refractivity contribution in [1.29, 1.82) is 5.26 Å². The fourth-order valence-corrected chi connectivity index (χ4v) is 2.87. The zero-order valence-corrected chi connectivity index (χ0v) is 12.7. The van der Waals surface area contributed by atoms with E-state index in [2.05, 4.69) is 47.3 Å². The molecule has 1 unspecified atom stereocenters. The molecule has 0 saturated carbocycles. The van der Waals surface area contributed by atoms with Crippen molar-refractivity contribution in [1.82, 2.24) is 10.2 Å². The van der Waals surface area contributed by atoms with Crippen molar-refractivity contribution in [3.05, 3.63) is 29.3 Å². The minimum Gasteiger partial charge on any atom is -0.368 e. The van der Waals surface area contributed by atoms with Crippen LogP contribution in [0, 0.1) is 11.3 Å². The summed E-state index contributed by atoms with van der Waals surface area (Å²) in [7, 11) is 4.11. The Balaban J connectivity index is 2.22. The molecule has 0 aliphatic carbocycles. The van der Waals surface area contributed by atoms with E-state index in [0.29, 0.717) is 6.04 Å². The van der Waals surface area contributed by atoms with E-state index < -0.39 is 0 Å². The maximum atomic E-state index is 9.41. The molecule has 0 bridgehead atoms. The molecule has 1 fully saturated rings. The van der Waals surface area contributed by atoms with E-state index in [-0.39, 0.29) is 0 Å². The van der Waals surface area contributed by atoms with Gasteiger partial charge in [0.25, 0.3) is 0 Å². The van der Waals surface area contributed by atoms with Crippen LogP contribution in [-0.2, 0) is 6.54 Å². The number of anilines is 1. The van der Waals surface area contributed by atoms with E-state index in [1.807, 2.05) is 13.1 Å². The molecular weight excluding hydrogens is 248 g/mol. The Morgan fingerprint density at radius 1 is 1.40 bits per heavy atom. The number of piperazine rings is 1. The van der Waals surface area contributed by atoms with Gasteiger partial charge < -0.3 is 10.2 Å². The summed E-state index contributed by atoms with van der Waals surface area (Å²) in [5.41, 5.74) is 3.03. The smallest absolute Gasteiger partial charge is 0.101 e. The molecule has 0 spiro atoms. The molecule has 1 aromatic carbocycles. The lowest BCUT2D eigenvalue weighted by atomic mass is 10.0. The van der Waals surface area contributed by atoms with Crippen molar-refractivity contribution in [2.45, 2.75) is 25.9 Å². The first kappa shape index (κ1) is 14.8. The molecular formula is C16H24N4. The van der Waals surface area contributed by atoms with Crippen molar-refractivity contribution in [2.75, 3.05) is 38.6 Å². The first-order chi connectivity index (χ1) is 9.69. The van der Waals surface area contributed by atoms with Crippen LogP contribution in [0.2, 0.25) is 0 Å². The number of likely N-dealkylation sites (N-methyl/N-ethyl adjacent to an activating group) is 1. The van der Waals surface area contributed by atoms with Gasteiger partial charge >= 0.3 is 0 Å². The van der Waals surface area contributed by atoms with Crippen molar-refractivity contribution in [2.24, 2.45) is 0 Å². The first-order valence-electron chi connectivity index (χ1n) is 7.32. The van der Waals surface area contributed by atoms with Gasteiger partial charge in [0, 0.05) is 32.2 Å². The summed E-state index contributed by atoms with van der Waals surface area (Å²) in [6, 6.07) is 9.15. The largest absolute Gasteiger partial charge is 0.368 e. The van der Waals surface area contributed by atoms with Gasteiger partial charge in [-0.2, -0.15) is 5.26 Å². The highest BCUT2D eigenvalue weighted by Gasteiger charge is 2.24. The molecule has 4 nitrogen and oxygen atoms in total. The minimum atomic E-state index is 0.576. The summed E-state index contributed by atoms with van der Waals surface area (Å²) in [5, 5.41) is 12.5. The van der Waals surface area contributed by atoms with Crippen LogP contribution in [0.3, 0.4) is 0 Å². The Kier molecular flexibility index (Phi) is 4.99. The second-order valence-corrected chi connectivity index (χ2v) is 5.48. The number of hydrogen-bond acceptors (Lipinski definition) is 4. The highest BCUT2D eigenvalue weighted by Crippen LogP contribution is 2.24. The lowest BCUT2D eigenvalue weighted by Crippen LogP contribution is -2.51. The Morgan fingerprint density at radius 3 is 2.85 bits per heavy atom. The lowest BCUT2D eigenvalue weighted by molar-refractivity contribution is 0.213. The average molecular weight is 272 g/mol. The van der Waals surface area contributed by atoms with Crippen LogP contribution in [0.15, 0.2) is 18.2 Å². The molecule has 108 valence electrons. The second-order valence-electron chi connectivity index (χ2n) is 5.48. The van der Waals surface area contributed by atoms with E-state index in [1.54, 1.807) is 0 Å². The summed E-state index contributed by atoms with van der Waals surface area (Å²) in [5.74, 6) is 0. The molecule has 1 atom stereocenters. The maximum absolute atomic E-state index is 9.41. The van der Waals surface area contributed by atoms with Crippen LogP contribution in [-0.4, -0.2) is 44.7 Å². The van der Waals surface area contributed by atoms with Crippen LogP contribution in [0.5, 0.6) is 0 Å². The molecule has 1 aromatic rings. The Labute approximate surface area is 122 Å². The zero-order chi connectivity index (χ0) is 14.5. The average Bonchev–Trinajstić information content (AvgIpc) is 2.48. The third-order valence-corrected chi connectivity index (χ3v) is 4.15. The predicted molar refractivity (Wildman–Crippen MR) is 82.8 cm³/mol. The summed E-state index contributed by atoms with van der Waals surface area (Å²) < 4.78 is 0. The number of nitriles is 1. The molecule has 1 aliphatic heterocycles. The second kappa shape index (κ2) is 6.74. The van der Waals surface area contributed by atoms with E-state index in [9.17, 15) is 5.26 Å². The van der Waals surface area contributed by atoms with Crippen molar-refractivity contribution in [3.8, 4) is 6.07 Å². The molecule has 0 aromatic heterocycles. The van der Waals surface area contributed by atoms with Gasteiger partial charge in [0.15, 0.2) is 0 Å². The Hall–Kier alpha value is -1.57. The van der Waals surface area contributed by atoms with Crippen LogP contribution in [0.1, 0.15) is 24.5 Å². The fourth-order valence-electron chi connectivity index (χ4n) is 2.87. The van der Waals surface area contributed by atoms with Gasteiger partial charge in [-0.25, -0.2) is 0 Å². The van der Waals surface area contributed by atoms with Gasteiger partial charge in [-0.3, -0.25) is 4.90 Å². The lowest BCUT2D eigenvalue weighted by Gasteiger charge is -2.40. The summed E-state index contributed by atoms with van der Waals surface area (Å²) >= 11 is 0. The molecule has 0 amide bonds. The van der Waals surface area contributed by atoms with Gasteiger partial charge in [0.1, 0.15) is 6.07 Å². The normalized spacial score (nSPS) is 19.9. The number of hydrogen-bond donors (Lipinski definition) is 1. The maximum Gasteiger partial charge on any atom is 0.101 e. The van der Waals surface area contributed by atoms with Gasteiger partial charge in [-0.15, -0.1) is 0 Å². The highest BCUT2D eigenvalue weighted by molar-refractivity contribution is 5.61. The minimum absolute atomic E-state index is 0.576. The van der Waals surface area contributed by atoms with Gasteiger partial charge in [0.2, 0.25) is 0 Å². The van der Waals surface area contributed by atoms with Crippen LogP contribution >= 0.6 is 0 Å². The van der Waals surface area contributed by atoms with Crippen LogP contribution < -0.4 is 10.2 Å². The van der Waals surface area contributed by atoms with Crippen molar-refractivity contribution in [3.63, 3.8) is 0 Å². The molecule has 1 N–H and O–H groups in total. The molecule has 0 radical (unpaired) electrons. The third kappa shape index (κ3) is 3.12. The molecule has 1 heterocycles. The zero-order valence-electron chi connectivity index (χ0n) is 12.7. The molecule has 2 rings (SSSR count). The monoisotopic (exact) mass is 272 g/mol. The van der Waals surface area contributed by atoms with Gasteiger partial charge in [-0.05, 0) is 38.2 Å². The third-order valence-electron chi connectivity index (χ3n) is 4.15. The first-order valence-corrected chi connectivity index (χ1v) is 7.32. The molecule has 1 aliphatic rings. The number of benzene rings is 1. The van der Waals surface area contributed by atoms with Crippen molar-refractivity contribution >= 4 is 5.69 Å². The van der Waals surface area contributed by atoms with Gasteiger partial charge in [-0.1, -0.05) is 13.0 Å². The number of nitrogens with one attached hydrogen (secondary N) is 1. The molecule has 1 saturated heterocycles. The van der Waals surface area contributed by atoms with E-state index in [0.717, 1.165) is 49.4 Å². The predicted octanol–water partition coefficient (Wildman–Crippen LogP) is 1.81. The van der Waals surface area contributed by atoms with E-state index in [1.165, 1.54) is 0 Å². The van der Waals surface area contributed by atoms with E-state index in [4.69, 9.17) is 0 Å². The fraction of sp³-hybridized carbons (Fsp3) is 0.562. The molecule has 20 heavy (non-hydrogen) atoms. The Morgan fingerprint density at radius 2 is 2.20 bits per heavy atom. The van der Waals surface area contributed by atoms with E-state index >= 15 is 0 Å². The molecule has 4 heteroatoms. The quantitative estimate of drug-likeness (QED) is 0.907. The summed E-state index contributed by atoms with van der Waals surface area (Å²) in [6.45, 7) is 6.09. The SMILES string of the molecule is CCC1CN(c2ccc(CNC)cc2C#N)CCN1C. The van der Waals surface area contributed by atoms with Crippen molar-refractivity contribution < 1.29 is 0 Å². The van der Waals surface area contributed by atoms with Gasteiger partial charge in [0.05, 0.1) is 11.3 Å². The summed E-state index contributed by atoms with van der Waals surface area (Å²) in [6.07, 6.45) is 1.15. The number of rotatable bonds is 4. The topological polar surface area (TPSA) is 42.3 Å². The Bertz CT molecular complexity index is 492. The number of nitrogens with zero attached hydrogens (tertiary/aromatic N) is 3. The standard InChI is InChI=1S/C16H24N4/c1-4-15-12-20(8-7-19(15)3)16-6-5-13(11-18-2)9-14(16)10-17/h5-6,9,15,18H,4,7-8,11-12H2,1-3H3. The highest BCUT2D eigenvalue weighted by atomic mass is 15.3.